The molecular formula is C15H24N4O2. The number of carbonyl (C=O) groups is 1. The molecule has 21 heavy (non-hydrogen) atoms. The summed E-state index contributed by atoms with van der Waals surface area (Å²) in [4.78, 5) is 20.3. The number of aryl methyl sites for hydroxylation is 1. The van der Waals surface area contributed by atoms with Gasteiger partial charge in [-0.25, -0.2) is 4.98 Å². The SMILES string of the molecule is O=C(CCn1ccnc1)N1CC[C@@](O)(CN2CCCC2)C1. The van der Waals surface area contributed by atoms with Gasteiger partial charge in [0.25, 0.3) is 0 Å². The minimum atomic E-state index is -0.713. The summed E-state index contributed by atoms with van der Waals surface area (Å²) < 4.78 is 1.91. The lowest BCUT2D eigenvalue weighted by Crippen LogP contribution is -2.45. The second kappa shape index (κ2) is 6.15. The summed E-state index contributed by atoms with van der Waals surface area (Å²) in [5.41, 5.74) is -0.713. The Hall–Kier alpha value is -1.40. The molecule has 1 N–H and O–H groups in total. The highest BCUT2D eigenvalue weighted by Crippen LogP contribution is 2.24. The van der Waals surface area contributed by atoms with Crippen molar-refractivity contribution in [3.05, 3.63) is 18.7 Å². The summed E-state index contributed by atoms with van der Waals surface area (Å²) in [6.45, 7) is 4.67. The minimum Gasteiger partial charge on any atom is -0.387 e. The van der Waals surface area contributed by atoms with Gasteiger partial charge in [-0.05, 0) is 32.4 Å². The lowest BCUT2D eigenvalue weighted by Gasteiger charge is -2.28. The first kappa shape index (κ1) is 14.5. The summed E-state index contributed by atoms with van der Waals surface area (Å²) in [5.74, 6) is 0.126. The van der Waals surface area contributed by atoms with Gasteiger partial charge >= 0.3 is 0 Å². The number of β-amino-alcohol motifs (C(OH)–C–C–N with tert-alkyl or cyclic N) is 1. The molecule has 2 saturated heterocycles. The van der Waals surface area contributed by atoms with Crippen molar-refractivity contribution in [1.82, 2.24) is 19.4 Å². The van der Waals surface area contributed by atoms with Gasteiger partial charge in [-0.3, -0.25) is 4.79 Å². The largest absolute Gasteiger partial charge is 0.387 e. The number of imidazole rings is 1. The molecule has 2 fully saturated rings. The molecule has 2 aliphatic rings. The van der Waals surface area contributed by atoms with E-state index in [4.69, 9.17) is 0 Å². The van der Waals surface area contributed by atoms with Gasteiger partial charge < -0.3 is 19.5 Å². The van der Waals surface area contributed by atoms with Gasteiger partial charge in [-0.15, -0.1) is 0 Å². The van der Waals surface area contributed by atoms with Crippen molar-refractivity contribution in [3.63, 3.8) is 0 Å². The first-order valence-electron chi connectivity index (χ1n) is 7.83. The Bertz CT molecular complexity index is 470. The van der Waals surface area contributed by atoms with Crippen LogP contribution in [0.25, 0.3) is 0 Å². The Kier molecular flexibility index (Phi) is 4.26. The predicted octanol–water partition coefficient (Wildman–Crippen LogP) is 0.332. The van der Waals surface area contributed by atoms with Crippen LogP contribution >= 0.6 is 0 Å². The predicted molar refractivity (Wildman–Crippen MR) is 78.7 cm³/mol. The molecule has 6 nitrogen and oxygen atoms in total. The van der Waals surface area contributed by atoms with E-state index >= 15 is 0 Å². The number of aliphatic hydroxyl groups is 1. The topological polar surface area (TPSA) is 61.6 Å². The van der Waals surface area contributed by atoms with Crippen LogP contribution in [-0.2, 0) is 11.3 Å². The number of carbonyl (C=O) groups excluding carboxylic acids is 1. The van der Waals surface area contributed by atoms with Gasteiger partial charge in [0.2, 0.25) is 5.91 Å². The molecule has 0 aliphatic carbocycles. The molecule has 0 unspecified atom stereocenters. The zero-order valence-electron chi connectivity index (χ0n) is 12.4. The van der Waals surface area contributed by atoms with E-state index in [1.807, 2.05) is 15.7 Å². The number of nitrogens with zero attached hydrogens (tertiary/aromatic N) is 4. The number of amides is 1. The zero-order valence-corrected chi connectivity index (χ0v) is 12.4. The Morgan fingerprint density at radius 3 is 2.81 bits per heavy atom. The number of hydrogen-bond acceptors (Lipinski definition) is 4. The molecule has 1 aromatic rings. The van der Waals surface area contributed by atoms with Gasteiger partial charge in [0, 0.05) is 38.4 Å². The van der Waals surface area contributed by atoms with E-state index < -0.39 is 5.60 Å². The highest BCUT2D eigenvalue weighted by Gasteiger charge is 2.39. The van der Waals surface area contributed by atoms with E-state index in [9.17, 15) is 9.90 Å². The van der Waals surface area contributed by atoms with Crippen molar-refractivity contribution in [2.24, 2.45) is 0 Å². The molecule has 3 heterocycles. The first-order chi connectivity index (χ1) is 10.1. The van der Waals surface area contributed by atoms with E-state index in [0.717, 1.165) is 13.1 Å². The van der Waals surface area contributed by atoms with Crippen LogP contribution in [0.5, 0.6) is 0 Å². The summed E-state index contributed by atoms with van der Waals surface area (Å²) in [7, 11) is 0. The number of hydrogen-bond donors (Lipinski definition) is 1. The Morgan fingerprint density at radius 1 is 1.29 bits per heavy atom. The molecule has 0 saturated carbocycles. The molecule has 6 heteroatoms. The van der Waals surface area contributed by atoms with Crippen LogP contribution in [0, 0.1) is 0 Å². The van der Waals surface area contributed by atoms with Crippen molar-refractivity contribution < 1.29 is 9.90 Å². The lowest BCUT2D eigenvalue weighted by molar-refractivity contribution is -0.131. The van der Waals surface area contributed by atoms with Crippen LogP contribution in [0.2, 0.25) is 0 Å². The summed E-state index contributed by atoms with van der Waals surface area (Å²) in [6.07, 6.45) is 8.92. The molecule has 0 aromatic carbocycles. The molecule has 0 spiro atoms. The fourth-order valence-corrected chi connectivity index (χ4v) is 3.36. The summed E-state index contributed by atoms with van der Waals surface area (Å²) in [5, 5.41) is 10.7. The van der Waals surface area contributed by atoms with Crippen molar-refractivity contribution in [1.29, 1.82) is 0 Å². The normalized spacial score (nSPS) is 26.6. The second-order valence-corrected chi connectivity index (χ2v) is 6.32. The smallest absolute Gasteiger partial charge is 0.224 e. The highest BCUT2D eigenvalue weighted by molar-refractivity contribution is 5.76. The maximum atomic E-state index is 12.2. The molecule has 1 aromatic heterocycles. The van der Waals surface area contributed by atoms with E-state index in [1.54, 1.807) is 12.5 Å². The maximum absolute atomic E-state index is 12.2. The van der Waals surface area contributed by atoms with Gasteiger partial charge in [0.15, 0.2) is 0 Å². The monoisotopic (exact) mass is 292 g/mol. The fraction of sp³-hybridized carbons (Fsp3) is 0.733. The molecule has 3 rings (SSSR count). The van der Waals surface area contributed by atoms with Crippen molar-refractivity contribution in [2.45, 2.75) is 37.8 Å². The zero-order chi connectivity index (χ0) is 14.7. The van der Waals surface area contributed by atoms with Crippen molar-refractivity contribution in [2.75, 3.05) is 32.7 Å². The average Bonchev–Trinajstić information content (AvgIpc) is 3.18. The molecule has 1 amide bonds. The quantitative estimate of drug-likeness (QED) is 0.850. The number of likely N-dealkylation sites (tertiary alicyclic amines) is 2. The average molecular weight is 292 g/mol. The third kappa shape index (κ3) is 3.63. The molecule has 1 atom stereocenters. The van der Waals surface area contributed by atoms with E-state index in [1.165, 1.54) is 12.8 Å². The first-order valence-corrected chi connectivity index (χ1v) is 7.83. The number of aromatic nitrogens is 2. The van der Waals surface area contributed by atoms with Crippen molar-refractivity contribution in [3.8, 4) is 0 Å². The third-order valence-corrected chi connectivity index (χ3v) is 4.54. The van der Waals surface area contributed by atoms with E-state index in [2.05, 4.69) is 9.88 Å². The lowest BCUT2D eigenvalue weighted by atomic mass is 10.0. The molecule has 0 bridgehead atoms. The molecule has 2 aliphatic heterocycles. The third-order valence-electron chi connectivity index (χ3n) is 4.54. The minimum absolute atomic E-state index is 0.126. The van der Waals surface area contributed by atoms with Crippen LogP contribution in [-0.4, -0.2) is 68.7 Å². The van der Waals surface area contributed by atoms with E-state index in [-0.39, 0.29) is 5.91 Å². The van der Waals surface area contributed by atoms with Crippen LogP contribution in [0.15, 0.2) is 18.7 Å². The highest BCUT2D eigenvalue weighted by atomic mass is 16.3. The molecular weight excluding hydrogens is 268 g/mol. The molecule has 116 valence electrons. The Labute approximate surface area is 125 Å². The van der Waals surface area contributed by atoms with Gasteiger partial charge in [0.05, 0.1) is 18.5 Å². The number of rotatable bonds is 5. The Morgan fingerprint density at radius 2 is 2.10 bits per heavy atom. The summed E-state index contributed by atoms with van der Waals surface area (Å²) >= 11 is 0. The van der Waals surface area contributed by atoms with Crippen LogP contribution in [0.4, 0.5) is 0 Å². The van der Waals surface area contributed by atoms with Crippen LogP contribution in [0.3, 0.4) is 0 Å². The van der Waals surface area contributed by atoms with Crippen molar-refractivity contribution >= 4 is 5.91 Å². The van der Waals surface area contributed by atoms with Crippen LogP contribution < -0.4 is 0 Å². The fourth-order valence-electron chi connectivity index (χ4n) is 3.36. The Balaban J connectivity index is 1.47. The second-order valence-electron chi connectivity index (χ2n) is 6.32. The molecule has 0 radical (unpaired) electrons. The van der Waals surface area contributed by atoms with Gasteiger partial charge in [0.1, 0.15) is 0 Å². The summed E-state index contributed by atoms with van der Waals surface area (Å²) in [6, 6.07) is 0. The van der Waals surface area contributed by atoms with Gasteiger partial charge in [-0.2, -0.15) is 0 Å². The van der Waals surface area contributed by atoms with Crippen LogP contribution in [0.1, 0.15) is 25.7 Å². The maximum Gasteiger partial charge on any atom is 0.224 e. The van der Waals surface area contributed by atoms with E-state index in [0.29, 0.717) is 39.0 Å². The van der Waals surface area contributed by atoms with Gasteiger partial charge in [-0.1, -0.05) is 0 Å². The standard InChI is InChI=1S/C15H24N4O2/c20-14(3-8-18-10-5-16-13-18)19-9-4-15(21,12-19)11-17-6-1-2-7-17/h5,10,13,21H,1-4,6-9,11-12H2/t15-/m1/s1.